The lowest BCUT2D eigenvalue weighted by atomic mass is 9.94. The van der Waals surface area contributed by atoms with E-state index in [1.165, 1.54) is 12.5 Å². The zero-order valence-corrected chi connectivity index (χ0v) is 7.52. The van der Waals surface area contributed by atoms with E-state index in [-0.39, 0.29) is 11.7 Å². The number of ether oxygens (including phenoxy) is 2. The number of fused-ring (bicyclic) bond motifs is 1. The van der Waals surface area contributed by atoms with E-state index in [1.54, 1.807) is 13.0 Å². The smallest absolute Gasteiger partial charge is 0.342 e. The summed E-state index contributed by atoms with van der Waals surface area (Å²) >= 11 is 0. The van der Waals surface area contributed by atoms with Crippen molar-refractivity contribution < 1.29 is 19.1 Å². The normalized spacial score (nSPS) is 24.8. The van der Waals surface area contributed by atoms with Gasteiger partial charge in [-0.1, -0.05) is 0 Å². The minimum absolute atomic E-state index is 0.0499. The predicted octanol–water partition coefficient (Wildman–Crippen LogP) is 0.855. The molecule has 0 N–H and O–H groups in total. The lowest BCUT2D eigenvalue weighted by Crippen LogP contribution is -2.27. The summed E-state index contributed by atoms with van der Waals surface area (Å²) in [4.78, 5) is 21.9. The molecule has 72 valence electrons. The first-order valence-corrected chi connectivity index (χ1v) is 4.17. The van der Waals surface area contributed by atoms with Crippen LogP contribution in [0.5, 0.6) is 0 Å². The maximum absolute atomic E-state index is 11.3. The number of allylic oxidation sites excluding steroid dienone is 1. The van der Waals surface area contributed by atoms with E-state index in [4.69, 9.17) is 9.47 Å². The van der Waals surface area contributed by atoms with E-state index in [2.05, 4.69) is 0 Å². The van der Waals surface area contributed by atoms with Gasteiger partial charge < -0.3 is 9.47 Å². The largest absolute Gasteiger partial charge is 0.472 e. The van der Waals surface area contributed by atoms with E-state index < -0.39 is 5.97 Å². The van der Waals surface area contributed by atoms with Gasteiger partial charge in [0.05, 0.1) is 12.5 Å². The molecule has 0 spiro atoms. The molecule has 4 nitrogen and oxygen atoms in total. The van der Waals surface area contributed by atoms with Crippen molar-refractivity contribution in [1.29, 1.82) is 0 Å². The molecule has 0 aliphatic carbocycles. The Hall–Kier alpha value is -1.84. The number of aldehydes is 1. The fourth-order valence-corrected chi connectivity index (χ4v) is 1.45. The predicted molar refractivity (Wildman–Crippen MR) is 47.0 cm³/mol. The Kier molecular flexibility index (Phi) is 1.96. The second-order valence-corrected chi connectivity index (χ2v) is 3.00. The Morgan fingerprint density at radius 1 is 1.50 bits per heavy atom. The lowest BCUT2D eigenvalue weighted by Gasteiger charge is -2.25. The van der Waals surface area contributed by atoms with Crippen LogP contribution in [-0.2, 0) is 19.1 Å². The van der Waals surface area contributed by atoms with Crippen LogP contribution >= 0.6 is 0 Å². The quantitative estimate of drug-likeness (QED) is 0.351. The van der Waals surface area contributed by atoms with E-state index >= 15 is 0 Å². The summed E-state index contributed by atoms with van der Waals surface area (Å²) in [6.45, 7) is 1.73. The fourth-order valence-electron chi connectivity index (χ4n) is 1.45. The van der Waals surface area contributed by atoms with Crippen LogP contribution in [0.25, 0.3) is 0 Å². The van der Waals surface area contributed by atoms with Gasteiger partial charge in [0.2, 0.25) is 0 Å². The second kappa shape index (κ2) is 3.14. The van der Waals surface area contributed by atoms with Crippen molar-refractivity contribution in [3.8, 4) is 0 Å². The van der Waals surface area contributed by atoms with E-state index in [0.717, 1.165) is 0 Å². The average Bonchev–Trinajstić information content (AvgIpc) is 2.18. The molecule has 2 rings (SSSR count). The van der Waals surface area contributed by atoms with Gasteiger partial charge in [0.1, 0.15) is 11.7 Å². The molecule has 0 aromatic heterocycles. The van der Waals surface area contributed by atoms with Crippen LogP contribution in [0.15, 0.2) is 35.3 Å². The number of esters is 1. The first-order chi connectivity index (χ1) is 6.74. The zero-order chi connectivity index (χ0) is 10.1. The lowest BCUT2D eigenvalue weighted by molar-refractivity contribution is -0.143. The van der Waals surface area contributed by atoms with Gasteiger partial charge in [-0.15, -0.1) is 0 Å². The number of cyclic esters (lactones) is 1. The highest BCUT2D eigenvalue weighted by atomic mass is 16.5. The number of rotatable bonds is 1. The van der Waals surface area contributed by atoms with Crippen molar-refractivity contribution in [3.63, 3.8) is 0 Å². The Bertz CT molecular complexity index is 387. The molecule has 2 heterocycles. The number of hydrogen-bond donors (Lipinski definition) is 0. The van der Waals surface area contributed by atoms with Gasteiger partial charge >= 0.3 is 5.97 Å². The molecule has 14 heavy (non-hydrogen) atoms. The van der Waals surface area contributed by atoms with E-state index in [9.17, 15) is 9.59 Å². The van der Waals surface area contributed by atoms with Crippen molar-refractivity contribution in [2.24, 2.45) is 0 Å². The van der Waals surface area contributed by atoms with Gasteiger partial charge in [-0.05, 0) is 13.0 Å². The highest BCUT2D eigenvalue weighted by Crippen LogP contribution is 2.29. The molecule has 2 aliphatic heterocycles. The molecule has 0 saturated carbocycles. The Balaban J connectivity index is 2.57. The topological polar surface area (TPSA) is 52.6 Å². The zero-order valence-electron chi connectivity index (χ0n) is 7.52. The van der Waals surface area contributed by atoms with Crippen LogP contribution in [0, 0.1) is 0 Å². The minimum Gasteiger partial charge on any atom is -0.472 e. The van der Waals surface area contributed by atoms with Crippen LogP contribution in [0.2, 0.25) is 0 Å². The molecule has 0 saturated heterocycles. The highest BCUT2D eigenvalue weighted by Gasteiger charge is 2.30. The second-order valence-electron chi connectivity index (χ2n) is 3.00. The van der Waals surface area contributed by atoms with E-state index in [1.807, 2.05) is 0 Å². The number of carbonyl (C=O) groups excluding carboxylic acids is 2. The first kappa shape index (κ1) is 8.74. The summed E-state index contributed by atoms with van der Waals surface area (Å²) in [7, 11) is 0. The van der Waals surface area contributed by atoms with Gasteiger partial charge in [0.25, 0.3) is 0 Å². The number of carbonyl (C=O) groups is 2. The van der Waals surface area contributed by atoms with Crippen LogP contribution in [0.1, 0.15) is 6.92 Å². The van der Waals surface area contributed by atoms with E-state index in [0.29, 0.717) is 17.4 Å². The molecule has 2 aliphatic rings. The first-order valence-electron chi connectivity index (χ1n) is 4.17. The van der Waals surface area contributed by atoms with Crippen LogP contribution in [0.4, 0.5) is 0 Å². The van der Waals surface area contributed by atoms with Crippen LogP contribution in [0.3, 0.4) is 0 Å². The van der Waals surface area contributed by atoms with Crippen molar-refractivity contribution in [2.75, 3.05) is 0 Å². The average molecular weight is 192 g/mol. The van der Waals surface area contributed by atoms with Crippen LogP contribution < -0.4 is 0 Å². The maximum Gasteiger partial charge on any atom is 0.342 e. The highest BCUT2D eigenvalue weighted by molar-refractivity contribution is 6.10. The Labute approximate surface area is 80.5 Å². The van der Waals surface area contributed by atoms with Crippen molar-refractivity contribution in [3.05, 3.63) is 35.3 Å². The Morgan fingerprint density at radius 2 is 2.29 bits per heavy atom. The Morgan fingerprint density at radius 3 is 3.00 bits per heavy atom. The van der Waals surface area contributed by atoms with Gasteiger partial charge in [-0.2, -0.15) is 0 Å². The molecule has 1 atom stereocenters. The van der Waals surface area contributed by atoms with Crippen LogP contribution in [-0.4, -0.2) is 18.4 Å². The minimum atomic E-state index is -0.578. The molecule has 0 bridgehead atoms. The molecule has 4 heteroatoms. The summed E-state index contributed by atoms with van der Waals surface area (Å²) in [6, 6.07) is 0. The van der Waals surface area contributed by atoms with Gasteiger partial charge in [0, 0.05) is 11.1 Å². The maximum atomic E-state index is 11.3. The van der Waals surface area contributed by atoms with Crippen molar-refractivity contribution in [2.45, 2.75) is 13.0 Å². The fraction of sp³-hybridized carbons (Fsp3) is 0.200. The standard InChI is InChI=1S/C10H8O4/c1-6-9-5-13-3-2-7(9)8(4-11)10(12)14-6/h2-6H,1H3. The molecular weight excluding hydrogens is 184 g/mol. The molecule has 0 fully saturated rings. The molecule has 0 aromatic rings. The molecule has 0 aromatic carbocycles. The molecule has 1 unspecified atom stereocenters. The summed E-state index contributed by atoms with van der Waals surface area (Å²) < 4.78 is 9.90. The summed E-state index contributed by atoms with van der Waals surface area (Å²) in [5.74, 6) is -0.578. The SMILES string of the molecule is CC1OC(=O)C(C=O)=C2C=COC=C21. The van der Waals surface area contributed by atoms with Crippen molar-refractivity contribution >= 4 is 12.3 Å². The molecule has 0 amide bonds. The third-order valence-corrected chi connectivity index (χ3v) is 2.17. The van der Waals surface area contributed by atoms with Gasteiger partial charge in [-0.3, -0.25) is 4.79 Å². The van der Waals surface area contributed by atoms with Gasteiger partial charge in [-0.25, -0.2) is 4.79 Å². The number of hydrogen-bond acceptors (Lipinski definition) is 4. The summed E-state index contributed by atoms with van der Waals surface area (Å²) in [6.07, 6.45) is 4.64. The summed E-state index contributed by atoms with van der Waals surface area (Å²) in [5.41, 5.74) is 1.36. The monoisotopic (exact) mass is 192 g/mol. The molecular formula is C10H8O4. The third kappa shape index (κ3) is 1.16. The molecule has 0 radical (unpaired) electrons. The summed E-state index contributed by atoms with van der Waals surface area (Å²) in [5, 5.41) is 0. The third-order valence-electron chi connectivity index (χ3n) is 2.17. The van der Waals surface area contributed by atoms with Crippen molar-refractivity contribution in [1.82, 2.24) is 0 Å². The van der Waals surface area contributed by atoms with Gasteiger partial charge in [0.15, 0.2) is 6.29 Å².